The molecule has 286 valence electrons. The summed E-state index contributed by atoms with van der Waals surface area (Å²) >= 11 is 0. The van der Waals surface area contributed by atoms with Crippen LogP contribution in [0.1, 0.15) is 11.1 Å². The van der Waals surface area contributed by atoms with Gasteiger partial charge in [-0.05, 0) is 47.5 Å². The van der Waals surface area contributed by atoms with Crippen molar-refractivity contribution in [1.82, 2.24) is 9.13 Å². The number of nitriles is 2. The molecular formula is C56H30N4O2. The van der Waals surface area contributed by atoms with Gasteiger partial charge in [-0.25, -0.2) is 0 Å². The molecule has 0 saturated carbocycles. The van der Waals surface area contributed by atoms with Gasteiger partial charge in [0.15, 0.2) is 0 Å². The molecule has 4 aromatic heterocycles. The van der Waals surface area contributed by atoms with Gasteiger partial charge in [-0.1, -0.05) is 133 Å². The zero-order valence-electron chi connectivity index (χ0n) is 32.9. The molecule has 6 heteroatoms. The molecule has 0 aliphatic heterocycles. The van der Waals surface area contributed by atoms with Gasteiger partial charge in [-0.3, -0.25) is 0 Å². The van der Waals surface area contributed by atoms with Gasteiger partial charge in [-0.15, -0.1) is 0 Å². The van der Waals surface area contributed by atoms with Crippen LogP contribution >= 0.6 is 0 Å². The lowest BCUT2D eigenvalue weighted by atomic mass is 9.85. The third-order valence-electron chi connectivity index (χ3n) is 12.6. The average Bonchev–Trinajstić information content (AvgIpc) is 4.07. The average molecular weight is 791 g/mol. The van der Waals surface area contributed by atoms with E-state index >= 15 is 0 Å². The van der Waals surface area contributed by atoms with Gasteiger partial charge < -0.3 is 18.0 Å². The number of para-hydroxylation sites is 4. The maximum atomic E-state index is 11.7. The van der Waals surface area contributed by atoms with E-state index in [1.54, 1.807) is 0 Å². The predicted molar refractivity (Wildman–Crippen MR) is 250 cm³/mol. The van der Waals surface area contributed by atoms with E-state index in [1.807, 2.05) is 97.1 Å². The van der Waals surface area contributed by atoms with E-state index in [0.29, 0.717) is 11.4 Å². The molecule has 0 aliphatic rings. The molecule has 0 N–H and O–H groups in total. The topological polar surface area (TPSA) is 83.7 Å². The summed E-state index contributed by atoms with van der Waals surface area (Å²) in [4.78, 5) is 0. The lowest BCUT2D eigenvalue weighted by Gasteiger charge is -2.25. The second kappa shape index (κ2) is 12.8. The first-order chi connectivity index (χ1) is 30.7. The summed E-state index contributed by atoms with van der Waals surface area (Å²) in [7, 11) is 0. The van der Waals surface area contributed by atoms with Gasteiger partial charge in [-0.2, -0.15) is 10.5 Å². The van der Waals surface area contributed by atoms with Gasteiger partial charge in [0.25, 0.3) is 0 Å². The highest BCUT2D eigenvalue weighted by molar-refractivity contribution is 6.20. The molecular weight excluding hydrogens is 761 g/mol. The van der Waals surface area contributed by atoms with Crippen LogP contribution in [-0.4, -0.2) is 9.13 Å². The number of fused-ring (bicyclic) bond motifs is 12. The molecule has 0 amide bonds. The molecule has 0 radical (unpaired) electrons. The van der Waals surface area contributed by atoms with Crippen molar-refractivity contribution in [3.63, 3.8) is 0 Å². The predicted octanol–water partition coefficient (Wildman–Crippen LogP) is 14.8. The van der Waals surface area contributed by atoms with Crippen LogP contribution in [-0.2, 0) is 0 Å². The number of benzene rings is 9. The minimum absolute atomic E-state index is 0.268. The highest BCUT2D eigenvalue weighted by Crippen LogP contribution is 2.50. The fourth-order valence-electron chi connectivity index (χ4n) is 10.0. The molecule has 13 aromatic rings. The second-order valence-corrected chi connectivity index (χ2v) is 15.8. The molecule has 0 spiro atoms. The molecule has 0 unspecified atom stereocenters. The minimum Gasteiger partial charge on any atom is -0.456 e. The molecule has 4 heterocycles. The van der Waals surface area contributed by atoms with E-state index in [2.05, 4.69) is 106 Å². The molecule has 6 nitrogen and oxygen atoms in total. The number of hydrogen-bond acceptors (Lipinski definition) is 4. The summed E-state index contributed by atoms with van der Waals surface area (Å²) in [5.41, 5.74) is 11.9. The monoisotopic (exact) mass is 790 g/mol. The Balaban J connectivity index is 1.27. The fraction of sp³-hybridized carbons (Fsp3) is 0. The first-order valence-corrected chi connectivity index (χ1v) is 20.5. The van der Waals surface area contributed by atoms with E-state index in [4.69, 9.17) is 8.83 Å². The Kier molecular flexibility index (Phi) is 7.05. The maximum Gasteiger partial charge on any atom is 0.137 e. The first-order valence-electron chi connectivity index (χ1n) is 20.5. The SMILES string of the molecule is N#Cc1c(C#N)c(-n2c3ccccc3c3cc4c(cc32)oc2ccccc24)c(-c2ccccc2)c(-c2ccccc2)c1-n1c2ccccc2c2cc3c(cc21)oc1ccccc13. The molecule has 0 atom stereocenters. The summed E-state index contributed by atoms with van der Waals surface area (Å²) in [6.45, 7) is 0. The Labute approximate surface area is 353 Å². The van der Waals surface area contributed by atoms with Crippen molar-refractivity contribution in [3.8, 4) is 45.8 Å². The third kappa shape index (κ3) is 4.61. The Bertz CT molecular complexity index is 3850. The van der Waals surface area contributed by atoms with Crippen molar-refractivity contribution in [2.45, 2.75) is 0 Å². The van der Waals surface area contributed by atoms with Crippen LogP contribution in [0.15, 0.2) is 191 Å². The van der Waals surface area contributed by atoms with Gasteiger partial charge in [0, 0.05) is 66.3 Å². The maximum absolute atomic E-state index is 11.7. The minimum atomic E-state index is 0.268. The molecule has 0 fully saturated rings. The Morgan fingerprint density at radius 3 is 1.11 bits per heavy atom. The molecule has 0 bridgehead atoms. The highest BCUT2D eigenvalue weighted by atomic mass is 16.3. The molecule has 9 aromatic carbocycles. The van der Waals surface area contributed by atoms with E-state index in [0.717, 1.165) is 110 Å². The second-order valence-electron chi connectivity index (χ2n) is 15.8. The Morgan fingerprint density at radius 1 is 0.323 bits per heavy atom. The molecule has 0 saturated heterocycles. The highest BCUT2D eigenvalue weighted by Gasteiger charge is 2.32. The van der Waals surface area contributed by atoms with Crippen LogP contribution < -0.4 is 0 Å². The van der Waals surface area contributed by atoms with Crippen LogP contribution in [0.4, 0.5) is 0 Å². The van der Waals surface area contributed by atoms with Crippen LogP contribution in [0.3, 0.4) is 0 Å². The van der Waals surface area contributed by atoms with Crippen molar-refractivity contribution in [3.05, 3.63) is 193 Å². The number of rotatable bonds is 4. The summed E-state index contributed by atoms with van der Waals surface area (Å²) in [6, 6.07) is 67.1. The molecule has 0 aliphatic carbocycles. The number of aromatic nitrogens is 2. The zero-order valence-corrected chi connectivity index (χ0v) is 32.9. The van der Waals surface area contributed by atoms with Crippen LogP contribution in [0.25, 0.3) is 121 Å². The van der Waals surface area contributed by atoms with E-state index in [-0.39, 0.29) is 11.1 Å². The van der Waals surface area contributed by atoms with Crippen molar-refractivity contribution in [1.29, 1.82) is 10.5 Å². The standard InChI is InChI=1S/C56H30N4O2/c57-31-43-44(32-58)56(60-46-24-12-8-20-36(46)40-28-42-38-22-10-14-26-50(38)62-52(42)30-48(40)60)54(34-17-5-2-6-18-34)53(33-15-3-1-4-16-33)55(43)59-45-23-11-7-19-35(45)39-27-41-37-21-9-13-25-49(37)61-51(41)29-47(39)59/h1-30H. The quantitative estimate of drug-likeness (QED) is 0.178. The zero-order chi connectivity index (χ0) is 41.1. The number of furan rings is 2. The lowest BCUT2D eigenvalue weighted by Crippen LogP contribution is -2.11. The van der Waals surface area contributed by atoms with E-state index in [1.165, 1.54) is 0 Å². The van der Waals surface area contributed by atoms with Crippen molar-refractivity contribution in [2.24, 2.45) is 0 Å². The number of nitrogens with zero attached hydrogens (tertiary/aromatic N) is 4. The van der Waals surface area contributed by atoms with Gasteiger partial charge in [0.05, 0.1) is 44.6 Å². The Hall–Kier alpha value is -8.84. The van der Waals surface area contributed by atoms with Crippen LogP contribution in [0, 0.1) is 22.7 Å². The molecule has 62 heavy (non-hydrogen) atoms. The summed E-state index contributed by atoms with van der Waals surface area (Å²) in [5.74, 6) is 0. The van der Waals surface area contributed by atoms with Crippen molar-refractivity contribution < 1.29 is 8.83 Å². The van der Waals surface area contributed by atoms with Gasteiger partial charge in [0.2, 0.25) is 0 Å². The summed E-state index contributed by atoms with van der Waals surface area (Å²) in [6.07, 6.45) is 0. The van der Waals surface area contributed by atoms with Gasteiger partial charge in [0.1, 0.15) is 34.5 Å². The summed E-state index contributed by atoms with van der Waals surface area (Å²) in [5, 5.41) is 31.6. The normalized spacial score (nSPS) is 11.8. The van der Waals surface area contributed by atoms with Crippen molar-refractivity contribution in [2.75, 3.05) is 0 Å². The molecule has 13 rings (SSSR count). The smallest absolute Gasteiger partial charge is 0.137 e. The number of hydrogen-bond donors (Lipinski definition) is 0. The third-order valence-corrected chi connectivity index (χ3v) is 12.6. The van der Waals surface area contributed by atoms with E-state index in [9.17, 15) is 10.5 Å². The summed E-state index contributed by atoms with van der Waals surface area (Å²) < 4.78 is 17.4. The van der Waals surface area contributed by atoms with Gasteiger partial charge >= 0.3 is 0 Å². The largest absolute Gasteiger partial charge is 0.456 e. The fourth-order valence-corrected chi connectivity index (χ4v) is 10.0. The van der Waals surface area contributed by atoms with Crippen LogP contribution in [0.2, 0.25) is 0 Å². The first kappa shape index (κ1) is 34.1. The Morgan fingerprint density at radius 2 is 0.694 bits per heavy atom. The lowest BCUT2D eigenvalue weighted by molar-refractivity contribution is 0.669. The van der Waals surface area contributed by atoms with E-state index < -0.39 is 0 Å². The van der Waals surface area contributed by atoms with Crippen molar-refractivity contribution >= 4 is 87.5 Å². The van der Waals surface area contributed by atoms with Crippen LogP contribution in [0.5, 0.6) is 0 Å².